The molecule has 0 spiro atoms. The number of anilines is 1. The molecular weight excluding hydrogens is 330 g/mol. The Morgan fingerprint density at radius 3 is 2.88 bits per heavy atom. The highest BCUT2D eigenvalue weighted by Gasteiger charge is 2.09. The van der Waals surface area contributed by atoms with Crippen LogP contribution < -0.4 is 10.6 Å². The van der Waals surface area contributed by atoms with Gasteiger partial charge in [0.15, 0.2) is 5.82 Å². The lowest BCUT2D eigenvalue weighted by Crippen LogP contribution is -2.25. The van der Waals surface area contributed by atoms with Gasteiger partial charge in [-0.25, -0.2) is 9.97 Å². The number of aryl methyl sites for hydroxylation is 2. The highest BCUT2D eigenvalue weighted by molar-refractivity contribution is 5.95. The standard InChI is InChI=1S/C18H21N7O/c1-13-11-16(19-2)23-17(22-13)14-5-3-6-15(12-14)18(26)20-7-4-9-25-10-8-21-24-25/h3,5-6,8,10-12H,4,7,9H2,1-2H3,(H,20,26)(H,19,22,23). The molecule has 134 valence electrons. The van der Waals surface area contributed by atoms with Crippen LogP contribution in [-0.2, 0) is 6.54 Å². The van der Waals surface area contributed by atoms with E-state index in [0.29, 0.717) is 24.5 Å². The van der Waals surface area contributed by atoms with E-state index in [0.717, 1.165) is 23.5 Å². The summed E-state index contributed by atoms with van der Waals surface area (Å²) in [6.45, 7) is 3.19. The van der Waals surface area contributed by atoms with Gasteiger partial charge in [0.25, 0.3) is 5.91 Å². The molecule has 1 amide bonds. The van der Waals surface area contributed by atoms with Gasteiger partial charge in [0, 0.05) is 49.2 Å². The Kier molecular flexibility index (Phi) is 5.52. The zero-order valence-corrected chi connectivity index (χ0v) is 14.8. The van der Waals surface area contributed by atoms with E-state index in [2.05, 4.69) is 30.9 Å². The quantitative estimate of drug-likeness (QED) is 0.631. The largest absolute Gasteiger partial charge is 0.373 e. The maximum atomic E-state index is 12.4. The Labute approximate surface area is 151 Å². The summed E-state index contributed by atoms with van der Waals surface area (Å²) in [4.78, 5) is 21.3. The van der Waals surface area contributed by atoms with E-state index in [1.165, 1.54) is 0 Å². The Hall–Kier alpha value is -3.29. The maximum Gasteiger partial charge on any atom is 0.251 e. The molecule has 0 saturated heterocycles. The molecule has 0 fully saturated rings. The van der Waals surface area contributed by atoms with Crippen molar-refractivity contribution in [3.63, 3.8) is 0 Å². The minimum atomic E-state index is -0.119. The summed E-state index contributed by atoms with van der Waals surface area (Å²) in [6, 6.07) is 9.20. The molecule has 3 rings (SSSR count). The first-order chi connectivity index (χ1) is 12.7. The minimum absolute atomic E-state index is 0.119. The maximum absolute atomic E-state index is 12.4. The molecule has 2 heterocycles. The predicted molar refractivity (Wildman–Crippen MR) is 98.7 cm³/mol. The normalized spacial score (nSPS) is 10.5. The van der Waals surface area contributed by atoms with E-state index in [4.69, 9.17) is 0 Å². The molecule has 8 heteroatoms. The number of carbonyl (C=O) groups is 1. The van der Waals surface area contributed by atoms with Crippen molar-refractivity contribution in [1.29, 1.82) is 0 Å². The molecule has 1 aromatic carbocycles. The Bertz CT molecular complexity index is 877. The average molecular weight is 351 g/mol. The Morgan fingerprint density at radius 1 is 1.23 bits per heavy atom. The molecular formula is C18H21N7O. The number of carbonyl (C=O) groups excluding carboxylic acids is 1. The van der Waals surface area contributed by atoms with Crippen LogP contribution in [0.15, 0.2) is 42.7 Å². The van der Waals surface area contributed by atoms with Gasteiger partial charge in [-0.3, -0.25) is 9.48 Å². The molecule has 3 aromatic rings. The van der Waals surface area contributed by atoms with Gasteiger partial charge in [-0.05, 0) is 25.5 Å². The van der Waals surface area contributed by atoms with Gasteiger partial charge in [0.05, 0.1) is 6.20 Å². The molecule has 8 nitrogen and oxygen atoms in total. The topological polar surface area (TPSA) is 97.6 Å². The van der Waals surface area contributed by atoms with E-state index in [-0.39, 0.29) is 5.91 Å². The van der Waals surface area contributed by atoms with Crippen molar-refractivity contribution in [3.8, 4) is 11.4 Å². The summed E-state index contributed by atoms with van der Waals surface area (Å²) < 4.78 is 1.74. The highest BCUT2D eigenvalue weighted by atomic mass is 16.1. The number of aromatic nitrogens is 5. The number of hydrogen-bond acceptors (Lipinski definition) is 6. The summed E-state index contributed by atoms with van der Waals surface area (Å²) in [5.74, 6) is 1.22. The van der Waals surface area contributed by atoms with Gasteiger partial charge in [-0.2, -0.15) is 0 Å². The van der Waals surface area contributed by atoms with Crippen molar-refractivity contribution in [2.24, 2.45) is 0 Å². The fraction of sp³-hybridized carbons (Fsp3) is 0.278. The van der Waals surface area contributed by atoms with Crippen molar-refractivity contribution >= 4 is 11.7 Å². The lowest BCUT2D eigenvalue weighted by Gasteiger charge is -2.08. The van der Waals surface area contributed by atoms with Crippen LogP contribution in [0.25, 0.3) is 11.4 Å². The van der Waals surface area contributed by atoms with E-state index in [1.54, 1.807) is 29.2 Å². The Morgan fingerprint density at radius 2 is 2.12 bits per heavy atom. The lowest BCUT2D eigenvalue weighted by atomic mass is 10.1. The van der Waals surface area contributed by atoms with Crippen molar-refractivity contribution < 1.29 is 4.79 Å². The molecule has 0 atom stereocenters. The van der Waals surface area contributed by atoms with Gasteiger partial charge in [0.1, 0.15) is 5.82 Å². The van der Waals surface area contributed by atoms with E-state index < -0.39 is 0 Å². The average Bonchev–Trinajstić information content (AvgIpc) is 3.18. The third-order valence-corrected chi connectivity index (χ3v) is 3.81. The smallest absolute Gasteiger partial charge is 0.251 e. The number of nitrogens with zero attached hydrogens (tertiary/aromatic N) is 5. The van der Waals surface area contributed by atoms with Gasteiger partial charge in [-0.15, -0.1) is 5.10 Å². The van der Waals surface area contributed by atoms with Gasteiger partial charge in [-0.1, -0.05) is 17.3 Å². The number of amides is 1. The van der Waals surface area contributed by atoms with Gasteiger partial charge >= 0.3 is 0 Å². The van der Waals surface area contributed by atoms with Crippen LogP contribution >= 0.6 is 0 Å². The van der Waals surface area contributed by atoms with Crippen molar-refractivity contribution in [2.45, 2.75) is 19.9 Å². The van der Waals surface area contributed by atoms with Gasteiger partial charge in [0.2, 0.25) is 0 Å². The van der Waals surface area contributed by atoms with E-state index >= 15 is 0 Å². The summed E-state index contributed by atoms with van der Waals surface area (Å²) in [5.41, 5.74) is 2.25. The van der Waals surface area contributed by atoms with Crippen LogP contribution in [0, 0.1) is 6.92 Å². The molecule has 2 aromatic heterocycles. The van der Waals surface area contributed by atoms with Crippen LogP contribution in [0.3, 0.4) is 0 Å². The van der Waals surface area contributed by atoms with E-state index in [1.807, 2.05) is 32.2 Å². The minimum Gasteiger partial charge on any atom is -0.373 e. The second-order valence-corrected chi connectivity index (χ2v) is 5.82. The molecule has 0 aliphatic heterocycles. The second kappa shape index (κ2) is 8.19. The summed E-state index contributed by atoms with van der Waals surface area (Å²) in [6.07, 6.45) is 4.21. The number of nitrogens with one attached hydrogen (secondary N) is 2. The van der Waals surface area contributed by atoms with Crippen molar-refractivity contribution in [1.82, 2.24) is 30.3 Å². The van der Waals surface area contributed by atoms with Crippen LogP contribution in [-0.4, -0.2) is 44.5 Å². The molecule has 0 aliphatic carbocycles. The van der Waals surface area contributed by atoms with E-state index in [9.17, 15) is 4.79 Å². The first-order valence-electron chi connectivity index (χ1n) is 8.42. The van der Waals surface area contributed by atoms with Crippen molar-refractivity contribution in [3.05, 3.63) is 54.0 Å². The zero-order chi connectivity index (χ0) is 18.4. The van der Waals surface area contributed by atoms with Crippen LogP contribution in [0.5, 0.6) is 0 Å². The van der Waals surface area contributed by atoms with Crippen LogP contribution in [0.1, 0.15) is 22.5 Å². The molecule has 26 heavy (non-hydrogen) atoms. The summed E-state index contributed by atoms with van der Waals surface area (Å²) in [7, 11) is 1.81. The third kappa shape index (κ3) is 4.41. The number of hydrogen-bond donors (Lipinski definition) is 2. The Balaban J connectivity index is 1.64. The molecule has 0 saturated carbocycles. The zero-order valence-electron chi connectivity index (χ0n) is 14.8. The van der Waals surface area contributed by atoms with Gasteiger partial charge < -0.3 is 10.6 Å². The summed E-state index contributed by atoms with van der Waals surface area (Å²) >= 11 is 0. The fourth-order valence-electron chi connectivity index (χ4n) is 2.52. The number of benzene rings is 1. The lowest BCUT2D eigenvalue weighted by molar-refractivity contribution is 0.0952. The predicted octanol–water partition coefficient (Wildman–Crippen LogP) is 1.91. The number of rotatable bonds is 7. The fourth-order valence-corrected chi connectivity index (χ4v) is 2.52. The van der Waals surface area contributed by atoms with Crippen molar-refractivity contribution in [2.75, 3.05) is 18.9 Å². The first kappa shape index (κ1) is 17.5. The molecule has 0 unspecified atom stereocenters. The highest BCUT2D eigenvalue weighted by Crippen LogP contribution is 2.19. The molecule has 0 bridgehead atoms. The van der Waals surface area contributed by atoms with Crippen LogP contribution in [0.4, 0.5) is 5.82 Å². The molecule has 0 radical (unpaired) electrons. The monoisotopic (exact) mass is 351 g/mol. The molecule has 0 aliphatic rings. The first-order valence-corrected chi connectivity index (χ1v) is 8.42. The second-order valence-electron chi connectivity index (χ2n) is 5.82. The SMILES string of the molecule is CNc1cc(C)nc(-c2cccc(C(=O)NCCCn3ccnn3)c2)n1. The third-order valence-electron chi connectivity index (χ3n) is 3.81. The summed E-state index contributed by atoms with van der Waals surface area (Å²) in [5, 5.41) is 13.6. The molecule has 2 N–H and O–H groups in total. The van der Waals surface area contributed by atoms with Crippen LogP contribution in [0.2, 0.25) is 0 Å².